The van der Waals surface area contributed by atoms with Crippen molar-refractivity contribution in [2.45, 2.75) is 33.0 Å². The maximum absolute atomic E-state index is 12.2. The van der Waals surface area contributed by atoms with Gasteiger partial charge < -0.3 is 4.74 Å². The van der Waals surface area contributed by atoms with Crippen molar-refractivity contribution in [3.8, 4) is 0 Å². The van der Waals surface area contributed by atoms with Crippen molar-refractivity contribution in [3.63, 3.8) is 0 Å². The van der Waals surface area contributed by atoms with Gasteiger partial charge in [0.25, 0.3) is 0 Å². The Balaban J connectivity index is 2.26. The van der Waals surface area contributed by atoms with Gasteiger partial charge in [0.15, 0.2) is 0 Å². The van der Waals surface area contributed by atoms with Crippen molar-refractivity contribution in [3.05, 3.63) is 35.9 Å². The molecule has 0 aromatic heterocycles. The third kappa shape index (κ3) is 3.40. The van der Waals surface area contributed by atoms with Gasteiger partial charge in [-0.1, -0.05) is 44.2 Å². The summed E-state index contributed by atoms with van der Waals surface area (Å²) in [7, 11) is -3.18. The Morgan fingerprint density at radius 3 is 2.45 bits per heavy atom. The van der Waals surface area contributed by atoms with E-state index in [1.165, 1.54) is 0 Å². The molecular formula is C15H23NO3S. The lowest BCUT2D eigenvalue weighted by molar-refractivity contribution is -0.0846. The summed E-state index contributed by atoms with van der Waals surface area (Å²) in [5.41, 5.74) is 1.04. The van der Waals surface area contributed by atoms with Gasteiger partial charge in [-0.3, -0.25) is 0 Å². The predicted octanol–water partition coefficient (Wildman–Crippen LogP) is 2.43. The molecule has 0 radical (unpaired) electrons. The lowest BCUT2D eigenvalue weighted by Crippen LogP contribution is -2.49. The minimum atomic E-state index is -3.18. The highest BCUT2D eigenvalue weighted by Crippen LogP contribution is 2.29. The molecule has 0 unspecified atom stereocenters. The van der Waals surface area contributed by atoms with E-state index in [9.17, 15) is 8.42 Å². The second-order valence-corrected chi connectivity index (χ2v) is 7.79. The Hall–Kier alpha value is -0.910. The number of benzene rings is 1. The van der Waals surface area contributed by atoms with Crippen molar-refractivity contribution >= 4 is 10.0 Å². The molecule has 2 rings (SSSR count). The van der Waals surface area contributed by atoms with Crippen LogP contribution >= 0.6 is 0 Å². The normalized spacial score (nSPS) is 25.0. The number of morpholine rings is 1. The average molecular weight is 297 g/mol. The molecular weight excluding hydrogens is 274 g/mol. The molecule has 0 aliphatic carbocycles. The van der Waals surface area contributed by atoms with Crippen LogP contribution in [0.15, 0.2) is 30.3 Å². The van der Waals surface area contributed by atoms with Crippen LogP contribution in [0.1, 0.15) is 32.4 Å². The summed E-state index contributed by atoms with van der Waals surface area (Å²) in [6.45, 7) is 6.68. The van der Waals surface area contributed by atoms with E-state index in [1.807, 2.05) is 30.3 Å². The lowest BCUT2D eigenvalue weighted by Gasteiger charge is -2.39. The Bertz CT molecular complexity index is 527. The molecule has 0 amide bonds. The first kappa shape index (κ1) is 15.5. The van der Waals surface area contributed by atoms with Gasteiger partial charge in [-0.05, 0) is 18.4 Å². The van der Waals surface area contributed by atoms with Crippen LogP contribution in [0.3, 0.4) is 0 Å². The Morgan fingerprint density at radius 1 is 1.25 bits per heavy atom. The molecule has 1 aliphatic heterocycles. The quantitative estimate of drug-likeness (QED) is 0.857. The van der Waals surface area contributed by atoms with Crippen molar-refractivity contribution in [2.75, 3.05) is 18.8 Å². The van der Waals surface area contributed by atoms with Gasteiger partial charge in [0.05, 0.1) is 18.0 Å². The summed E-state index contributed by atoms with van der Waals surface area (Å²) in [4.78, 5) is 0. The van der Waals surface area contributed by atoms with E-state index in [1.54, 1.807) is 11.2 Å². The number of hydrogen-bond acceptors (Lipinski definition) is 3. The van der Waals surface area contributed by atoms with Crippen LogP contribution in [-0.2, 0) is 14.8 Å². The molecule has 1 fully saturated rings. The van der Waals surface area contributed by atoms with E-state index in [4.69, 9.17) is 4.74 Å². The third-order valence-corrected chi connectivity index (χ3v) is 5.58. The fourth-order valence-corrected chi connectivity index (χ4v) is 3.49. The van der Waals surface area contributed by atoms with E-state index in [2.05, 4.69) is 13.8 Å². The molecule has 0 spiro atoms. The molecule has 1 aromatic carbocycles. The van der Waals surface area contributed by atoms with Crippen LogP contribution in [-0.4, -0.2) is 37.7 Å². The highest BCUT2D eigenvalue weighted by Gasteiger charge is 2.35. The van der Waals surface area contributed by atoms with Gasteiger partial charge in [-0.2, -0.15) is 4.31 Å². The summed E-state index contributed by atoms with van der Waals surface area (Å²) >= 11 is 0. The maximum atomic E-state index is 12.2. The maximum Gasteiger partial charge on any atom is 0.214 e. The molecule has 1 saturated heterocycles. The van der Waals surface area contributed by atoms with Crippen molar-refractivity contribution in [1.82, 2.24) is 4.31 Å². The summed E-state index contributed by atoms with van der Waals surface area (Å²) < 4.78 is 32.0. The highest BCUT2D eigenvalue weighted by atomic mass is 32.2. The molecule has 112 valence electrons. The molecule has 0 bridgehead atoms. The number of nitrogens with zero attached hydrogens (tertiary/aromatic N) is 1. The second-order valence-electron chi connectivity index (χ2n) is 5.54. The minimum absolute atomic E-state index is 0.0599. The Morgan fingerprint density at radius 2 is 1.90 bits per heavy atom. The zero-order valence-corrected chi connectivity index (χ0v) is 13.1. The van der Waals surface area contributed by atoms with Crippen molar-refractivity contribution in [2.24, 2.45) is 5.92 Å². The second kappa shape index (κ2) is 6.24. The molecule has 0 N–H and O–H groups in total. The van der Waals surface area contributed by atoms with Crippen LogP contribution in [0.5, 0.6) is 0 Å². The molecule has 2 atom stereocenters. The molecule has 1 aromatic rings. The molecule has 4 nitrogen and oxygen atoms in total. The number of hydrogen-bond donors (Lipinski definition) is 0. The largest absolute Gasteiger partial charge is 0.367 e. The van der Waals surface area contributed by atoms with Crippen LogP contribution in [0.25, 0.3) is 0 Å². The summed E-state index contributed by atoms with van der Waals surface area (Å²) in [5.74, 6) is 0.426. The topological polar surface area (TPSA) is 46.6 Å². The highest BCUT2D eigenvalue weighted by molar-refractivity contribution is 7.89. The third-order valence-electron chi connectivity index (χ3n) is 3.77. The van der Waals surface area contributed by atoms with Crippen molar-refractivity contribution < 1.29 is 13.2 Å². The number of sulfonamides is 1. The average Bonchev–Trinajstić information content (AvgIpc) is 2.47. The van der Waals surface area contributed by atoms with Gasteiger partial charge in [-0.25, -0.2) is 8.42 Å². The van der Waals surface area contributed by atoms with E-state index in [0.717, 1.165) is 5.56 Å². The zero-order valence-electron chi connectivity index (χ0n) is 12.3. The first-order valence-electron chi connectivity index (χ1n) is 7.12. The standard InChI is InChI=1S/C15H23NO3S/c1-4-20(17,18)16-10-14(12(2)3)19-15(11-16)13-8-6-5-7-9-13/h5-9,12,14-15H,4,10-11H2,1-3H3/t14-,15+/m1/s1. The minimum Gasteiger partial charge on any atom is -0.367 e. The Kier molecular flexibility index (Phi) is 4.83. The molecule has 20 heavy (non-hydrogen) atoms. The summed E-state index contributed by atoms with van der Waals surface area (Å²) in [6, 6.07) is 9.84. The molecule has 5 heteroatoms. The van der Waals surface area contributed by atoms with E-state index in [0.29, 0.717) is 13.1 Å². The van der Waals surface area contributed by atoms with E-state index in [-0.39, 0.29) is 23.9 Å². The molecule has 1 heterocycles. The van der Waals surface area contributed by atoms with Crippen LogP contribution < -0.4 is 0 Å². The monoisotopic (exact) mass is 297 g/mol. The Labute approximate surface area is 121 Å². The fourth-order valence-electron chi connectivity index (χ4n) is 2.39. The number of ether oxygens (including phenoxy) is 1. The first-order valence-corrected chi connectivity index (χ1v) is 8.73. The molecule has 0 saturated carbocycles. The number of rotatable bonds is 4. The van der Waals surface area contributed by atoms with Crippen LogP contribution in [0.2, 0.25) is 0 Å². The summed E-state index contributed by atoms with van der Waals surface area (Å²) in [5, 5.41) is 0. The van der Waals surface area contributed by atoms with Gasteiger partial charge in [0, 0.05) is 13.1 Å². The van der Waals surface area contributed by atoms with Gasteiger partial charge in [-0.15, -0.1) is 0 Å². The van der Waals surface area contributed by atoms with Gasteiger partial charge in [0.1, 0.15) is 0 Å². The lowest BCUT2D eigenvalue weighted by atomic mass is 10.0. The van der Waals surface area contributed by atoms with Crippen LogP contribution in [0, 0.1) is 5.92 Å². The summed E-state index contributed by atoms with van der Waals surface area (Å²) in [6.07, 6.45) is -0.242. The van der Waals surface area contributed by atoms with Crippen molar-refractivity contribution in [1.29, 1.82) is 0 Å². The van der Waals surface area contributed by atoms with E-state index < -0.39 is 10.0 Å². The molecule has 1 aliphatic rings. The first-order chi connectivity index (χ1) is 9.44. The van der Waals surface area contributed by atoms with Gasteiger partial charge in [0.2, 0.25) is 10.0 Å². The SMILES string of the molecule is CCS(=O)(=O)N1C[C@@H](c2ccccc2)O[C@@H](C(C)C)C1. The predicted molar refractivity (Wildman–Crippen MR) is 79.9 cm³/mol. The van der Waals surface area contributed by atoms with E-state index >= 15 is 0 Å². The van der Waals surface area contributed by atoms with Gasteiger partial charge >= 0.3 is 0 Å². The zero-order chi connectivity index (χ0) is 14.8. The fraction of sp³-hybridized carbons (Fsp3) is 0.600. The smallest absolute Gasteiger partial charge is 0.214 e. The van der Waals surface area contributed by atoms with Crippen LogP contribution in [0.4, 0.5) is 0 Å².